The molecule has 0 amide bonds. The van der Waals surface area contributed by atoms with E-state index in [0.29, 0.717) is 18.2 Å². The third-order valence-electron chi connectivity index (χ3n) is 3.86. The van der Waals surface area contributed by atoms with Crippen LogP contribution in [0.2, 0.25) is 0 Å². The van der Waals surface area contributed by atoms with Crippen LogP contribution in [0, 0.1) is 0 Å². The van der Waals surface area contributed by atoms with Crippen molar-refractivity contribution < 1.29 is 8.42 Å². The Balaban J connectivity index is 1.92. The van der Waals surface area contributed by atoms with E-state index in [9.17, 15) is 8.42 Å². The molecule has 1 saturated carbocycles. The second-order valence-corrected chi connectivity index (χ2v) is 7.67. The number of hydrogen-bond donors (Lipinski definition) is 2. The quantitative estimate of drug-likeness (QED) is 0.782. The third kappa shape index (κ3) is 5.58. The van der Waals surface area contributed by atoms with Gasteiger partial charge in [-0.25, -0.2) is 8.42 Å². The van der Waals surface area contributed by atoms with Crippen LogP contribution in [0.25, 0.3) is 0 Å². The SMILES string of the molecule is CCCS(=O)(=O)Nc1ccc(NC2CCCCCC2)cc1. The second-order valence-electron chi connectivity index (χ2n) is 5.83. The van der Waals surface area contributed by atoms with E-state index in [1.807, 2.05) is 31.2 Å². The van der Waals surface area contributed by atoms with Crippen molar-refractivity contribution in [3.8, 4) is 0 Å². The highest BCUT2D eigenvalue weighted by Gasteiger charge is 2.12. The van der Waals surface area contributed by atoms with Gasteiger partial charge in [0.25, 0.3) is 0 Å². The standard InChI is InChI=1S/C16H26N2O2S/c1-2-13-21(19,20)18-16-11-9-15(10-12-16)17-14-7-5-3-4-6-8-14/h9-12,14,17-18H,2-8,13H2,1H3. The van der Waals surface area contributed by atoms with E-state index in [2.05, 4.69) is 10.0 Å². The van der Waals surface area contributed by atoms with Crippen molar-refractivity contribution in [2.75, 3.05) is 15.8 Å². The number of benzene rings is 1. The number of nitrogens with one attached hydrogen (secondary N) is 2. The van der Waals surface area contributed by atoms with E-state index in [-0.39, 0.29) is 5.75 Å². The molecule has 1 aliphatic rings. The van der Waals surface area contributed by atoms with Crippen LogP contribution in [-0.4, -0.2) is 20.2 Å². The van der Waals surface area contributed by atoms with E-state index >= 15 is 0 Å². The molecule has 1 aliphatic carbocycles. The Morgan fingerprint density at radius 3 is 2.14 bits per heavy atom. The minimum absolute atomic E-state index is 0.162. The normalized spacial score (nSPS) is 17.2. The predicted octanol–water partition coefficient (Wildman–Crippen LogP) is 3.97. The zero-order valence-electron chi connectivity index (χ0n) is 12.8. The fourth-order valence-corrected chi connectivity index (χ4v) is 3.93. The molecule has 0 aromatic heterocycles. The Hall–Kier alpha value is -1.23. The topological polar surface area (TPSA) is 58.2 Å². The van der Waals surface area contributed by atoms with Gasteiger partial charge in [0.05, 0.1) is 5.75 Å². The monoisotopic (exact) mass is 310 g/mol. The molecule has 2 rings (SSSR count). The summed E-state index contributed by atoms with van der Waals surface area (Å²) in [5, 5.41) is 3.56. The molecule has 5 heteroatoms. The van der Waals surface area contributed by atoms with Crippen molar-refractivity contribution in [2.24, 2.45) is 0 Å². The molecule has 0 spiro atoms. The van der Waals surface area contributed by atoms with E-state index in [1.54, 1.807) is 0 Å². The number of hydrogen-bond acceptors (Lipinski definition) is 3. The average Bonchev–Trinajstić information content (AvgIpc) is 2.69. The molecule has 0 heterocycles. The highest BCUT2D eigenvalue weighted by atomic mass is 32.2. The molecule has 1 fully saturated rings. The first-order valence-corrected chi connectivity index (χ1v) is 9.61. The van der Waals surface area contributed by atoms with Gasteiger partial charge in [-0.05, 0) is 43.5 Å². The minimum Gasteiger partial charge on any atom is -0.382 e. The van der Waals surface area contributed by atoms with Crippen molar-refractivity contribution in [3.05, 3.63) is 24.3 Å². The Morgan fingerprint density at radius 1 is 1.00 bits per heavy atom. The summed E-state index contributed by atoms with van der Waals surface area (Å²) < 4.78 is 26.0. The van der Waals surface area contributed by atoms with E-state index in [1.165, 1.54) is 38.5 Å². The Bertz CT molecular complexity index is 518. The van der Waals surface area contributed by atoms with Gasteiger partial charge in [0.2, 0.25) is 10.0 Å². The lowest BCUT2D eigenvalue weighted by atomic mass is 10.1. The largest absolute Gasteiger partial charge is 0.382 e. The maximum absolute atomic E-state index is 11.7. The smallest absolute Gasteiger partial charge is 0.232 e. The molecular formula is C16H26N2O2S. The molecule has 0 bridgehead atoms. The lowest BCUT2D eigenvalue weighted by molar-refractivity contribution is 0.600. The van der Waals surface area contributed by atoms with E-state index in [0.717, 1.165) is 5.69 Å². The molecular weight excluding hydrogens is 284 g/mol. The van der Waals surface area contributed by atoms with Crippen LogP contribution in [0.15, 0.2) is 24.3 Å². The van der Waals surface area contributed by atoms with Crippen LogP contribution in [0.4, 0.5) is 11.4 Å². The highest BCUT2D eigenvalue weighted by Crippen LogP contribution is 2.22. The Morgan fingerprint density at radius 2 is 1.57 bits per heavy atom. The van der Waals surface area contributed by atoms with Crippen LogP contribution in [0.3, 0.4) is 0 Å². The summed E-state index contributed by atoms with van der Waals surface area (Å²) in [4.78, 5) is 0. The molecule has 4 nitrogen and oxygen atoms in total. The van der Waals surface area contributed by atoms with Crippen molar-refractivity contribution in [1.82, 2.24) is 0 Å². The van der Waals surface area contributed by atoms with Crippen molar-refractivity contribution >= 4 is 21.4 Å². The maximum atomic E-state index is 11.7. The van der Waals surface area contributed by atoms with Crippen LogP contribution in [-0.2, 0) is 10.0 Å². The van der Waals surface area contributed by atoms with Crippen molar-refractivity contribution in [1.29, 1.82) is 0 Å². The fourth-order valence-electron chi connectivity index (χ4n) is 2.79. The van der Waals surface area contributed by atoms with Gasteiger partial charge in [0.1, 0.15) is 0 Å². The summed E-state index contributed by atoms with van der Waals surface area (Å²) in [5.74, 6) is 0.162. The van der Waals surface area contributed by atoms with Crippen LogP contribution in [0.1, 0.15) is 51.9 Å². The first-order chi connectivity index (χ1) is 10.1. The first-order valence-electron chi connectivity index (χ1n) is 7.96. The van der Waals surface area contributed by atoms with Gasteiger partial charge in [-0.15, -0.1) is 0 Å². The molecule has 118 valence electrons. The number of sulfonamides is 1. The van der Waals surface area contributed by atoms with Crippen molar-refractivity contribution in [3.63, 3.8) is 0 Å². The van der Waals surface area contributed by atoms with Crippen LogP contribution in [0.5, 0.6) is 0 Å². The molecule has 1 aromatic carbocycles. The summed E-state index contributed by atoms with van der Waals surface area (Å²) >= 11 is 0. The average molecular weight is 310 g/mol. The second kappa shape index (κ2) is 7.69. The summed E-state index contributed by atoms with van der Waals surface area (Å²) in [6.07, 6.45) is 8.36. The molecule has 0 aliphatic heterocycles. The van der Waals surface area contributed by atoms with Gasteiger partial charge in [-0.2, -0.15) is 0 Å². The number of anilines is 2. The highest BCUT2D eigenvalue weighted by molar-refractivity contribution is 7.92. The molecule has 2 N–H and O–H groups in total. The van der Waals surface area contributed by atoms with Crippen LogP contribution >= 0.6 is 0 Å². The fraction of sp³-hybridized carbons (Fsp3) is 0.625. The molecule has 0 radical (unpaired) electrons. The zero-order valence-corrected chi connectivity index (χ0v) is 13.6. The van der Waals surface area contributed by atoms with Gasteiger partial charge in [0, 0.05) is 17.4 Å². The Kier molecular flexibility index (Phi) is 5.91. The lowest BCUT2D eigenvalue weighted by Crippen LogP contribution is -2.18. The van der Waals surface area contributed by atoms with Crippen molar-refractivity contribution in [2.45, 2.75) is 57.9 Å². The van der Waals surface area contributed by atoms with Gasteiger partial charge in [-0.1, -0.05) is 32.6 Å². The number of rotatable bonds is 6. The van der Waals surface area contributed by atoms with E-state index in [4.69, 9.17) is 0 Å². The lowest BCUT2D eigenvalue weighted by Gasteiger charge is -2.18. The zero-order chi connectivity index (χ0) is 15.1. The molecule has 0 unspecified atom stereocenters. The minimum atomic E-state index is -3.20. The van der Waals surface area contributed by atoms with Gasteiger partial charge < -0.3 is 5.32 Å². The summed E-state index contributed by atoms with van der Waals surface area (Å²) in [5.41, 5.74) is 1.70. The maximum Gasteiger partial charge on any atom is 0.232 e. The third-order valence-corrected chi connectivity index (χ3v) is 5.35. The predicted molar refractivity (Wildman–Crippen MR) is 89.3 cm³/mol. The summed E-state index contributed by atoms with van der Waals surface area (Å²) in [6.45, 7) is 1.86. The molecule has 0 atom stereocenters. The van der Waals surface area contributed by atoms with Gasteiger partial charge >= 0.3 is 0 Å². The molecule has 1 aromatic rings. The van der Waals surface area contributed by atoms with E-state index < -0.39 is 10.0 Å². The summed E-state index contributed by atoms with van der Waals surface area (Å²) in [6, 6.07) is 8.11. The first kappa shape index (κ1) is 16.1. The van der Waals surface area contributed by atoms with Gasteiger partial charge in [-0.3, -0.25) is 4.72 Å². The van der Waals surface area contributed by atoms with Crippen LogP contribution < -0.4 is 10.0 Å². The molecule has 0 saturated heterocycles. The Labute approximate surface area is 128 Å². The van der Waals surface area contributed by atoms with Gasteiger partial charge in [0.15, 0.2) is 0 Å². The molecule has 21 heavy (non-hydrogen) atoms. The summed E-state index contributed by atoms with van der Waals surface area (Å²) in [7, 11) is -3.20.